The average Bonchev–Trinajstić information content (AvgIpc) is 2.85. The number of thiophene rings is 1. The first kappa shape index (κ1) is 14.8. The number of carbonyl (C=O) groups excluding carboxylic acids is 2. The van der Waals surface area contributed by atoms with Gasteiger partial charge >= 0.3 is 5.97 Å². The molecule has 1 N–H and O–H groups in total. The topological polar surface area (TPSA) is 55.4 Å². The zero-order chi connectivity index (χ0) is 14.7. The van der Waals surface area contributed by atoms with Crippen molar-refractivity contribution in [2.24, 2.45) is 0 Å². The van der Waals surface area contributed by atoms with Crippen molar-refractivity contribution in [3.63, 3.8) is 0 Å². The Morgan fingerprint density at radius 3 is 2.55 bits per heavy atom. The van der Waals surface area contributed by atoms with E-state index in [0.29, 0.717) is 19.9 Å². The van der Waals surface area contributed by atoms with E-state index in [0.717, 1.165) is 11.3 Å². The molecule has 1 amide bonds. The Bertz CT molecular complexity index is 669. The van der Waals surface area contributed by atoms with E-state index in [1.165, 1.54) is 19.2 Å². The smallest absolute Gasteiger partial charge is 0.339 e. The van der Waals surface area contributed by atoms with Gasteiger partial charge in [-0.15, -0.1) is 11.3 Å². The van der Waals surface area contributed by atoms with E-state index in [-0.39, 0.29) is 11.5 Å². The van der Waals surface area contributed by atoms with Gasteiger partial charge in [0, 0.05) is 5.02 Å². The van der Waals surface area contributed by atoms with Crippen LogP contribution in [0.4, 0.5) is 5.69 Å². The first-order chi connectivity index (χ1) is 9.51. The number of nitrogens with one attached hydrogen (secondary N) is 1. The number of ether oxygens (including phenoxy) is 1. The molecule has 0 saturated heterocycles. The number of anilines is 1. The van der Waals surface area contributed by atoms with Crippen molar-refractivity contribution in [1.29, 1.82) is 0 Å². The van der Waals surface area contributed by atoms with Crippen LogP contribution < -0.4 is 5.32 Å². The van der Waals surface area contributed by atoms with Crippen LogP contribution in [-0.4, -0.2) is 19.0 Å². The fraction of sp³-hybridized carbons (Fsp3) is 0.0769. The zero-order valence-electron chi connectivity index (χ0n) is 10.3. The van der Waals surface area contributed by atoms with Gasteiger partial charge in [-0.2, -0.15) is 0 Å². The largest absolute Gasteiger partial charge is 0.465 e. The predicted molar refractivity (Wildman–Crippen MR) is 80.1 cm³/mol. The number of halogens is 2. The van der Waals surface area contributed by atoms with Crippen molar-refractivity contribution in [2.45, 2.75) is 0 Å². The molecule has 20 heavy (non-hydrogen) atoms. The summed E-state index contributed by atoms with van der Waals surface area (Å²) in [5.74, 6) is -0.921. The molecule has 104 valence electrons. The van der Waals surface area contributed by atoms with Gasteiger partial charge in [-0.05, 0) is 30.3 Å². The maximum Gasteiger partial charge on any atom is 0.339 e. The van der Waals surface area contributed by atoms with Gasteiger partial charge in [-0.25, -0.2) is 4.79 Å². The number of hydrogen-bond donors (Lipinski definition) is 1. The molecule has 0 aliphatic heterocycles. The zero-order valence-corrected chi connectivity index (χ0v) is 12.6. The first-order valence-electron chi connectivity index (χ1n) is 5.46. The minimum atomic E-state index is -0.554. The summed E-state index contributed by atoms with van der Waals surface area (Å²) in [5.41, 5.74) is 0.520. The molecule has 2 aromatic rings. The third-order valence-corrected chi connectivity index (χ3v) is 3.90. The van der Waals surface area contributed by atoms with Gasteiger partial charge in [0.1, 0.15) is 0 Å². The van der Waals surface area contributed by atoms with E-state index < -0.39 is 5.97 Å². The van der Waals surface area contributed by atoms with E-state index in [9.17, 15) is 9.59 Å². The van der Waals surface area contributed by atoms with Crippen molar-refractivity contribution in [1.82, 2.24) is 0 Å². The lowest BCUT2D eigenvalue weighted by molar-refractivity contribution is 0.0602. The van der Waals surface area contributed by atoms with Crippen molar-refractivity contribution >= 4 is 52.1 Å². The van der Waals surface area contributed by atoms with Gasteiger partial charge in [0.15, 0.2) is 0 Å². The van der Waals surface area contributed by atoms with Crippen molar-refractivity contribution < 1.29 is 14.3 Å². The number of carbonyl (C=O) groups is 2. The van der Waals surface area contributed by atoms with Gasteiger partial charge in [0.05, 0.1) is 27.6 Å². The SMILES string of the molecule is COC(=O)c1ccc(Cl)cc1NC(=O)c1ccc(Cl)s1. The van der Waals surface area contributed by atoms with Crippen LogP contribution in [0.25, 0.3) is 0 Å². The monoisotopic (exact) mass is 329 g/mol. The molecule has 0 aliphatic carbocycles. The average molecular weight is 330 g/mol. The fourth-order valence-electron chi connectivity index (χ4n) is 1.53. The number of rotatable bonds is 3. The molecule has 0 spiro atoms. The third kappa shape index (κ3) is 3.30. The van der Waals surface area contributed by atoms with Crippen molar-refractivity contribution in [3.8, 4) is 0 Å². The van der Waals surface area contributed by atoms with Gasteiger partial charge in [0.25, 0.3) is 5.91 Å². The van der Waals surface area contributed by atoms with Crippen LogP contribution in [0, 0.1) is 0 Å². The highest BCUT2D eigenvalue weighted by Gasteiger charge is 2.16. The normalized spacial score (nSPS) is 10.2. The molecular weight excluding hydrogens is 321 g/mol. The minimum absolute atomic E-state index is 0.230. The van der Waals surface area contributed by atoms with Crippen LogP contribution in [-0.2, 0) is 4.74 Å². The molecule has 1 heterocycles. The summed E-state index contributed by atoms with van der Waals surface area (Å²) in [6.45, 7) is 0. The Morgan fingerprint density at radius 1 is 1.20 bits per heavy atom. The lowest BCUT2D eigenvalue weighted by Crippen LogP contribution is -2.14. The van der Waals surface area contributed by atoms with Crippen LogP contribution in [0.5, 0.6) is 0 Å². The Labute approximate surface area is 129 Å². The van der Waals surface area contributed by atoms with E-state index in [1.54, 1.807) is 18.2 Å². The van der Waals surface area contributed by atoms with Gasteiger partial charge in [-0.1, -0.05) is 23.2 Å². The molecule has 0 atom stereocenters. The highest BCUT2D eigenvalue weighted by molar-refractivity contribution is 7.18. The van der Waals surface area contributed by atoms with Gasteiger partial charge in [-0.3, -0.25) is 4.79 Å². The highest BCUT2D eigenvalue weighted by atomic mass is 35.5. The molecule has 2 rings (SSSR count). The molecule has 7 heteroatoms. The Kier molecular flexibility index (Phi) is 4.65. The number of esters is 1. The maximum atomic E-state index is 12.0. The van der Waals surface area contributed by atoms with E-state index in [2.05, 4.69) is 10.1 Å². The molecule has 0 aliphatic rings. The fourth-order valence-corrected chi connectivity index (χ4v) is 2.64. The van der Waals surface area contributed by atoms with Crippen molar-refractivity contribution in [2.75, 3.05) is 12.4 Å². The second-order valence-electron chi connectivity index (χ2n) is 3.74. The molecule has 0 unspecified atom stereocenters. The summed E-state index contributed by atoms with van der Waals surface area (Å²) < 4.78 is 5.17. The Morgan fingerprint density at radius 2 is 1.95 bits per heavy atom. The molecule has 4 nitrogen and oxygen atoms in total. The number of methoxy groups -OCH3 is 1. The summed E-state index contributed by atoms with van der Waals surface area (Å²) in [5, 5.41) is 3.02. The summed E-state index contributed by atoms with van der Waals surface area (Å²) >= 11 is 12.8. The molecule has 0 bridgehead atoms. The number of benzene rings is 1. The van der Waals surface area contributed by atoms with Crippen LogP contribution in [0.15, 0.2) is 30.3 Å². The first-order valence-corrected chi connectivity index (χ1v) is 7.03. The third-order valence-electron chi connectivity index (χ3n) is 2.43. The maximum absolute atomic E-state index is 12.0. The summed E-state index contributed by atoms with van der Waals surface area (Å²) in [6.07, 6.45) is 0. The van der Waals surface area contributed by atoms with Crippen LogP contribution in [0.2, 0.25) is 9.36 Å². The highest BCUT2D eigenvalue weighted by Crippen LogP contribution is 2.25. The molecular formula is C13H9Cl2NO3S. The van der Waals surface area contributed by atoms with Gasteiger partial charge in [0.2, 0.25) is 0 Å². The molecule has 0 saturated carbocycles. The molecule has 0 fully saturated rings. The van der Waals surface area contributed by atoms with E-state index >= 15 is 0 Å². The van der Waals surface area contributed by atoms with Crippen LogP contribution >= 0.6 is 34.5 Å². The van der Waals surface area contributed by atoms with E-state index in [4.69, 9.17) is 23.2 Å². The summed E-state index contributed by atoms with van der Waals surface area (Å²) in [6, 6.07) is 7.75. The predicted octanol–water partition coefficient (Wildman–Crippen LogP) is 4.09. The standard InChI is InChI=1S/C13H9Cl2NO3S/c1-19-13(18)8-3-2-7(14)6-9(8)16-12(17)10-4-5-11(15)20-10/h2-6H,1H3,(H,16,17). The quantitative estimate of drug-likeness (QED) is 0.862. The van der Waals surface area contributed by atoms with Crippen molar-refractivity contribution in [3.05, 3.63) is 50.1 Å². The lowest BCUT2D eigenvalue weighted by atomic mass is 10.1. The van der Waals surface area contributed by atoms with Gasteiger partial charge < -0.3 is 10.1 Å². The Balaban J connectivity index is 2.30. The minimum Gasteiger partial charge on any atom is -0.465 e. The second kappa shape index (κ2) is 6.26. The Hall–Kier alpha value is -1.56. The molecule has 1 aromatic carbocycles. The second-order valence-corrected chi connectivity index (χ2v) is 5.89. The van der Waals surface area contributed by atoms with Crippen LogP contribution in [0.3, 0.4) is 0 Å². The molecule has 1 aromatic heterocycles. The van der Waals surface area contributed by atoms with Crippen LogP contribution in [0.1, 0.15) is 20.0 Å². The number of amides is 1. The number of hydrogen-bond acceptors (Lipinski definition) is 4. The summed E-state index contributed by atoms with van der Waals surface area (Å²) in [4.78, 5) is 24.1. The molecule has 0 radical (unpaired) electrons. The summed E-state index contributed by atoms with van der Waals surface area (Å²) in [7, 11) is 1.27. The van der Waals surface area contributed by atoms with E-state index in [1.807, 2.05) is 0 Å². The lowest BCUT2D eigenvalue weighted by Gasteiger charge is -2.09.